The van der Waals surface area contributed by atoms with Gasteiger partial charge >= 0.3 is 6.03 Å². The number of carbonyl (C=O) groups is 3. The molecule has 1 aromatic rings. The maximum absolute atomic E-state index is 12.4. The van der Waals surface area contributed by atoms with Crippen LogP contribution in [0.2, 0.25) is 0 Å². The molecule has 0 bridgehead atoms. The lowest BCUT2D eigenvalue weighted by molar-refractivity contribution is -0.121. The highest BCUT2D eigenvalue weighted by Crippen LogP contribution is 2.17. The van der Waals surface area contributed by atoms with E-state index in [-0.39, 0.29) is 30.4 Å². The highest BCUT2D eigenvalue weighted by Gasteiger charge is 2.28. The molecule has 2 saturated heterocycles. The van der Waals surface area contributed by atoms with Crippen molar-refractivity contribution in [2.45, 2.75) is 25.3 Å². The number of likely N-dealkylation sites (tertiary alicyclic amines) is 1. The molecular formula is C16H22N4O3S. The SMILES string of the molecule is O=C1CN(C(=O)N[C@@H]2CCCN(C(=O)c3cccs3)C2)CCCN1. The molecule has 2 N–H and O–H groups in total. The van der Waals surface area contributed by atoms with E-state index in [0.29, 0.717) is 19.6 Å². The van der Waals surface area contributed by atoms with E-state index < -0.39 is 0 Å². The van der Waals surface area contributed by atoms with Crippen LogP contribution in [-0.2, 0) is 4.79 Å². The fourth-order valence-electron chi connectivity index (χ4n) is 3.08. The van der Waals surface area contributed by atoms with E-state index in [9.17, 15) is 14.4 Å². The summed E-state index contributed by atoms with van der Waals surface area (Å²) in [4.78, 5) is 40.5. The quantitative estimate of drug-likeness (QED) is 0.831. The number of carbonyl (C=O) groups excluding carboxylic acids is 3. The molecule has 4 amide bonds. The zero-order valence-electron chi connectivity index (χ0n) is 13.5. The van der Waals surface area contributed by atoms with Crippen LogP contribution in [0.1, 0.15) is 28.9 Å². The second kappa shape index (κ2) is 7.65. The molecule has 2 aliphatic heterocycles. The van der Waals surface area contributed by atoms with Crippen LogP contribution in [0.25, 0.3) is 0 Å². The minimum Gasteiger partial charge on any atom is -0.354 e. The van der Waals surface area contributed by atoms with Gasteiger partial charge in [0, 0.05) is 32.2 Å². The predicted octanol–water partition coefficient (Wildman–Crippen LogP) is 0.884. The Bertz CT molecular complexity index is 604. The number of urea groups is 1. The summed E-state index contributed by atoms with van der Waals surface area (Å²) < 4.78 is 0. The van der Waals surface area contributed by atoms with Gasteiger partial charge in [0.2, 0.25) is 5.91 Å². The molecule has 0 aromatic carbocycles. The Labute approximate surface area is 145 Å². The summed E-state index contributed by atoms with van der Waals surface area (Å²) in [7, 11) is 0. The average molecular weight is 350 g/mol. The minimum atomic E-state index is -0.220. The maximum Gasteiger partial charge on any atom is 0.318 e. The summed E-state index contributed by atoms with van der Waals surface area (Å²) in [5, 5.41) is 7.63. The molecule has 0 spiro atoms. The van der Waals surface area contributed by atoms with Gasteiger partial charge in [-0.05, 0) is 30.7 Å². The summed E-state index contributed by atoms with van der Waals surface area (Å²) >= 11 is 1.43. The fraction of sp³-hybridized carbons (Fsp3) is 0.562. The second-order valence-electron chi connectivity index (χ2n) is 6.14. The van der Waals surface area contributed by atoms with E-state index in [1.165, 1.54) is 11.3 Å². The van der Waals surface area contributed by atoms with Gasteiger partial charge in [0.1, 0.15) is 6.54 Å². The van der Waals surface area contributed by atoms with Crippen molar-refractivity contribution in [2.75, 3.05) is 32.7 Å². The normalized spacial score (nSPS) is 21.8. The summed E-state index contributed by atoms with van der Waals surface area (Å²) in [6.45, 7) is 2.50. The van der Waals surface area contributed by atoms with Crippen LogP contribution in [0.4, 0.5) is 4.79 Å². The third kappa shape index (κ3) is 4.05. The van der Waals surface area contributed by atoms with Gasteiger partial charge in [0.05, 0.1) is 4.88 Å². The van der Waals surface area contributed by atoms with E-state index >= 15 is 0 Å². The lowest BCUT2D eigenvalue weighted by Crippen LogP contribution is -2.53. The number of amides is 4. The van der Waals surface area contributed by atoms with Gasteiger partial charge in [-0.1, -0.05) is 6.07 Å². The molecule has 7 nitrogen and oxygen atoms in total. The first-order valence-corrected chi connectivity index (χ1v) is 9.16. The summed E-state index contributed by atoms with van der Waals surface area (Å²) in [5.41, 5.74) is 0. The average Bonchev–Trinajstić information content (AvgIpc) is 3.03. The van der Waals surface area contributed by atoms with E-state index in [4.69, 9.17) is 0 Å². The third-order valence-electron chi connectivity index (χ3n) is 4.32. The lowest BCUT2D eigenvalue weighted by atomic mass is 10.1. The Morgan fingerprint density at radius 2 is 2.08 bits per heavy atom. The van der Waals surface area contributed by atoms with Crippen LogP contribution in [0, 0.1) is 0 Å². The van der Waals surface area contributed by atoms with Crippen molar-refractivity contribution in [3.8, 4) is 0 Å². The summed E-state index contributed by atoms with van der Waals surface area (Å²) in [6.07, 6.45) is 2.47. The van der Waals surface area contributed by atoms with Crippen molar-refractivity contribution in [2.24, 2.45) is 0 Å². The van der Waals surface area contributed by atoms with Gasteiger partial charge in [-0.2, -0.15) is 0 Å². The Hall–Kier alpha value is -2.09. The van der Waals surface area contributed by atoms with Gasteiger partial charge in [-0.25, -0.2) is 4.79 Å². The van der Waals surface area contributed by atoms with Gasteiger partial charge in [-0.3, -0.25) is 9.59 Å². The van der Waals surface area contributed by atoms with Crippen molar-refractivity contribution < 1.29 is 14.4 Å². The summed E-state index contributed by atoms with van der Waals surface area (Å²) in [6, 6.07) is 3.40. The van der Waals surface area contributed by atoms with Crippen molar-refractivity contribution in [1.29, 1.82) is 0 Å². The van der Waals surface area contributed by atoms with E-state index in [2.05, 4.69) is 10.6 Å². The van der Waals surface area contributed by atoms with Crippen LogP contribution >= 0.6 is 11.3 Å². The Morgan fingerprint density at radius 1 is 1.25 bits per heavy atom. The molecule has 0 aliphatic carbocycles. The standard InChI is InChI=1S/C16H22N4O3S/c21-14-11-20(8-3-6-17-14)16(23)18-12-4-1-7-19(10-12)15(22)13-5-2-9-24-13/h2,5,9,12H,1,3-4,6-8,10-11H2,(H,17,21)(H,18,23)/t12-/m1/s1. The number of piperidine rings is 1. The molecule has 0 radical (unpaired) electrons. The van der Waals surface area contributed by atoms with Crippen LogP contribution in [0.5, 0.6) is 0 Å². The second-order valence-corrected chi connectivity index (χ2v) is 7.09. The lowest BCUT2D eigenvalue weighted by Gasteiger charge is -2.34. The van der Waals surface area contributed by atoms with Crippen LogP contribution in [-0.4, -0.2) is 66.4 Å². The van der Waals surface area contributed by atoms with Crippen LogP contribution in [0.15, 0.2) is 17.5 Å². The van der Waals surface area contributed by atoms with Gasteiger partial charge in [0.15, 0.2) is 0 Å². The molecule has 130 valence electrons. The third-order valence-corrected chi connectivity index (χ3v) is 5.17. The highest BCUT2D eigenvalue weighted by atomic mass is 32.1. The number of nitrogens with one attached hydrogen (secondary N) is 2. The zero-order valence-corrected chi connectivity index (χ0v) is 14.3. The number of nitrogens with zero attached hydrogens (tertiary/aromatic N) is 2. The van der Waals surface area contributed by atoms with Crippen molar-refractivity contribution >= 4 is 29.2 Å². The molecule has 2 fully saturated rings. The van der Waals surface area contributed by atoms with E-state index in [1.54, 1.807) is 9.80 Å². The monoisotopic (exact) mass is 350 g/mol. The van der Waals surface area contributed by atoms with E-state index in [0.717, 1.165) is 30.7 Å². The fourth-order valence-corrected chi connectivity index (χ4v) is 3.77. The largest absolute Gasteiger partial charge is 0.354 e. The number of hydrogen-bond donors (Lipinski definition) is 2. The Kier molecular flexibility index (Phi) is 5.34. The molecule has 2 aliphatic rings. The first-order valence-electron chi connectivity index (χ1n) is 8.28. The highest BCUT2D eigenvalue weighted by molar-refractivity contribution is 7.12. The summed E-state index contributed by atoms with van der Waals surface area (Å²) in [5.74, 6) is -0.0982. The van der Waals surface area contributed by atoms with Gasteiger partial charge in [-0.15, -0.1) is 11.3 Å². The number of rotatable bonds is 2. The van der Waals surface area contributed by atoms with Crippen LogP contribution in [0.3, 0.4) is 0 Å². The van der Waals surface area contributed by atoms with Gasteiger partial charge < -0.3 is 20.4 Å². The van der Waals surface area contributed by atoms with Crippen LogP contribution < -0.4 is 10.6 Å². The van der Waals surface area contributed by atoms with E-state index in [1.807, 2.05) is 17.5 Å². The van der Waals surface area contributed by atoms with Crippen molar-refractivity contribution in [3.05, 3.63) is 22.4 Å². The molecule has 1 aromatic heterocycles. The Morgan fingerprint density at radius 3 is 2.88 bits per heavy atom. The Balaban J connectivity index is 1.55. The molecule has 3 rings (SSSR count). The first-order chi connectivity index (χ1) is 11.6. The number of thiophene rings is 1. The molecule has 24 heavy (non-hydrogen) atoms. The topological polar surface area (TPSA) is 81.8 Å². The maximum atomic E-state index is 12.4. The smallest absolute Gasteiger partial charge is 0.318 e. The molecule has 0 saturated carbocycles. The molecule has 3 heterocycles. The van der Waals surface area contributed by atoms with Gasteiger partial charge in [0.25, 0.3) is 5.91 Å². The molecule has 8 heteroatoms. The van der Waals surface area contributed by atoms with Crippen molar-refractivity contribution in [1.82, 2.24) is 20.4 Å². The first kappa shape index (κ1) is 16.8. The zero-order chi connectivity index (χ0) is 16.9. The number of hydrogen-bond acceptors (Lipinski definition) is 4. The van der Waals surface area contributed by atoms with Crippen molar-refractivity contribution in [3.63, 3.8) is 0 Å². The minimum absolute atomic E-state index is 0.0260. The predicted molar refractivity (Wildman–Crippen MR) is 91.0 cm³/mol. The molecule has 1 atom stereocenters. The molecular weight excluding hydrogens is 328 g/mol. The molecule has 0 unspecified atom stereocenters.